The first kappa shape index (κ1) is 51.7. The number of Topliss-reactive ketones (excluding diaryl/α,β-unsaturated/α-hetero) is 2. The molecule has 0 saturated carbocycles. The van der Waals surface area contributed by atoms with E-state index in [1.807, 2.05) is 0 Å². The molecule has 302 valence electrons. The number of hydrogen-bond donors (Lipinski definition) is 2. The fourth-order valence-corrected chi connectivity index (χ4v) is 6.12. The van der Waals surface area contributed by atoms with Crippen molar-refractivity contribution < 1.29 is 31.8 Å². The Hall–Kier alpha value is -1.39. The molecule has 0 aromatic rings. The van der Waals surface area contributed by atoms with Crippen LogP contribution >= 0.6 is 0 Å². The molecule has 0 fully saturated rings. The maximum atomic E-state index is 13.4. The van der Waals surface area contributed by atoms with Crippen molar-refractivity contribution in [1.82, 2.24) is 4.90 Å². The van der Waals surface area contributed by atoms with E-state index in [9.17, 15) is 23.1 Å². The van der Waals surface area contributed by atoms with Crippen LogP contribution in [0.3, 0.4) is 0 Å². The first-order valence-corrected chi connectivity index (χ1v) is 22.0. The van der Waals surface area contributed by atoms with Crippen LogP contribution < -0.4 is 0 Å². The lowest BCUT2D eigenvalue weighted by atomic mass is 9.84. The lowest BCUT2D eigenvalue weighted by Crippen LogP contribution is -2.59. The molecule has 0 aliphatic heterocycles. The normalized spacial score (nSPS) is 12.9. The van der Waals surface area contributed by atoms with E-state index in [2.05, 4.69) is 42.3 Å². The van der Waals surface area contributed by atoms with E-state index in [0.29, 0.717) is 12.8 Å². The summed E-state index contributed by atoms with van der Waals surface area (Å²) in [6.07, 6.45) is 41.1. The van der Waals surface area contributed by atoms with Gasteiger partial charge in [0.25, 0.3) is 0 Å². The van der Waals surface area contributed by atoms with Crippen molar-refractivity contribution in [3.8, 4) is 0 Å². The Morgan fingerprint density at radius 3 is 1.12 bits per heavy atom. The third-order valence-corrected chi connectivity index (χ3v) is 10.3. The number of ketones is 2. The van der Waals surface area contributed by atoms with E-state index in [0.717, 1.165) is 58.5 Å². The molecule has 1 atom stereocenters. The van der Waals surface area contributed by atoms with Gasteiger partial charge in [0, 0.05) is 12.8 Å². The van der Waals surface area contributed by atoms with Crippen LogP contribution in [0.2, 0.25) is 0 Å². The number of carbonyl (C=O) groups excluding carboxylic acids is 2. The summed E-state index contributed by atoms with van der Waals surface area (Å²) in [5.74, 6) is -0.0810. The molecule has 0 aromatic carbocycles. The van der Waals surface area contributed by atoms with Crippen LogP contribution in [0, 0.1) is 0 Å². The predicted octanol–water partition coefficient (Wildman–Crippen LogP) is 11.7. The van der Waals surface area contributed by atoms with Gasteiger partial charge in [-0.25, -0.2) is 0 Å². The van der Waals surface area contributed by atoms with E-state index in [-0.39, 0.29) is 11.6 Å². The summed E-state index contributed by atoms with van der Waals surface area (Å²) in [6, 6.07) is 0. The Bertz CT molecular complexity index is 926. The first-order valence-electron chi connectivity index (χ1n) is 20.7. The number of aliphatic hydroxyl groups excluding tert-OH is 1. The monoisotopic (exact) mass is 744 g/mol. The minimum absolute atomic E-state index is 0.0405. The van der Waals surface area contributed by atoms with Crippen molar-refractivity contribution >= 4 is 22.0 Å². The Labute approximate surface area is 315 Å². The molecule has 0 heterocycles. The van der Waals surface area contributed by atoms with Gasteiger partial charge in [0.05, 0.1) is 7.11 Å². The number of hydrogen-bond acceptors (Lipinski definition) is 7. The minimum atomic E-state index is -4.16. The first-order chi connectivity index (χ1) is 24.4. The highest BCUT2D eigenvalue weighted by Crippen LogP contribution is 2.25. The highest BCUT2D eigenvalue weighted by Gasteiger charge is 2.44. The highest BCUT2D eigenvalue weighted by molar-refractivity contribution is 7.80. The van der Waals surface area contributed by atoms with Gasteiger partial charge in [-0.2, -0.15) is 8.42 Å². The van der Waals surface area contributed by atoms with Crippen LogP contribution in [0.25, 0.3) is 0 Å². The van der Waals surface area contributed by atoms with Gasteiger partial charge in [-0.15, -0.1) is 0 Å². The van der Waals surface area contributed by atoms with Gasteiger partial charge in [0.1, 0.15) is 11.8 Å². The molecule has 0 radical (unpaired) electrons. The molecule has 0 rings (SSSR count). The number of likely N-dealkylation sites (N-methyl/N-ethyl adjacent to an activating group) is 1. The molecule has 51 heavy (non-hydrogen) atoms. The van der Waals surface area contributed by atoms with E-state index in [1.165, 1.54) is 116 Å². The molecule has 0 bridgehead atoms. The fraction of sp³-hybridized carbons (Fsp3) is 0.857. The van der Waals surface area contributed by atoms with Crippen LogP contribution in [0.15, 0.2) is 24.3 Å². The summed E-state index contributed by atoms with van der Waals surface area (Å²) < 4.78 is 29.7. The number of unbranched alkanes of at least 4 members (excludes halogenated alkanes) is 22. The number of rotatable bonds is 35. The quantitative estimate of drug-likeness (QED) is 0.0216. The molecule has 0 saturated heterocycles. The smallest absolute Gasteiger partial charge is 0.379 e. The summed E-state index contributed by atoms with van der Waals surface area (Å²) in [4.78, 5) is 28.3. The second-order valence-corrected chi connectivity index (χ2v) is 15.6. The molecule has 9 heteroatoms. The van der Waals surface area contributed by atoms with Gasteiger partial charge in [-0.3, -0.25) is 23.2 Å². The van der Waals surface area contributed by atoms with Gasteiger partial charge in [-0.05, 0) is 85.1 Å². The fourth-order valence-electron chi connectivity index (χ4n) is 6.12. The Morgan fingerprint density at radius 2 is 0.863 bits per heavy atom. The standard InChI is InChI=1S/C41H77NO3.CH4O4S/c1-6-8-10-12-14-16-18-20-22-24-26-28-30-32-34-36-39(44)41(4,42(5)38(3)43)40(45)37-35-33-31-29-27-25-23-21-19-17-15-13-11-9-7-2;1-5-6(2,3)4/h20-23,38,43H,6-19,24-37H2,1-5H3;1H3,(H,2,3,4)/b22-20-,23-21-;. The molecule has 1 unspecified atom stereocenters. The molecule has 0 spiro atoms. The van der Waals surface area contributed by atoms with Crippen LogP contribution in [0.5, 0.6) is 0 Å². The Kier molecular flexibility index (Phi) is 36.1. The molecule has 0 aromatic heterocycles. The van der Waals surface area contributed by atoms with Gasteiger partial charge >= 0.3 is 10.4 Å². The van der Waals surface area contributed by atoms with Gasteiger partial charge in [0.15, 0.2) is 11.6 Å². The van der Waals surface area contributed by atoms with Crippen LogP contribution in [0.1, 0.15) is 207 Å². The zero-order valence-electron chi connectivity index (χ0n) is 34.0. The van der Waals surface area contributed by atoms with E-state index >= 15 is 0 Å². The zero-order chi connectivity index (χ0) is 38.6. The van der Waals surface area contributed by atoms with E-state index in [1.54, 1.807) is 25.8 Å². The maximum Gasteiger partial charge on any atom is 0.397 e. The number of carbonyl (C=O) groups is 2. The highest BCUT2D eigenvalue weighted by atomic mass is 32.3. The molecule has 0 amide bonds. The topological polar surface area (TPSA) is 121 Å². The molecule has 2 N–H and O–H groups in total. The molecule has 0 aliphatic carbocycles. The Morgan fingerprint density at radius 1 is 0.608 bits per heavy atom. The van der Waals surface area contributed by atoms with E-state index in [4.69, 9.17) is 4.55 Å². The van der Waals surface area contributed by atoms with Gasteiger partial charge < -0.3 is 5.11 Å². The minimum Gasteiger partial charge on any atom is -0.379 e. The van der Waals surface area contributed by atoms with Crippen molar-refractivity contribution in [2.45, 2.75) is 219 Å². The summed E-state index contributed by atoms with van der Waals surface area (Å²) >= 11 is 0. The summed E-state index contributed by atoms with van der Waals surface area (Å²) in [5.41, 5.74) is -1.24. The van der Waals surface area contributed by atoms with Crippen LogP contribution in [-0.4, -0.2) is 60.5 Å². The second-order valence-electron chi connectivity index (χ2n) is 14.4. The average Bonchev–Trinajstić information content (AvgIpc) is 3.10. The van der Waals surface area contributed by atoms with Crippen LogP contribution in [0.4, 0.5) is 0 Å². The van der Waals surface area contributed by atoms with Crippen molar-refractivity contribution in [3.63, 3.8) is 0 Å². The van der Waals surface area contributed by atoms with Gasteiger partial charge in [0.2, 0.25) is 0 Å². The maximum absolute atomic E-state index is 13.4. The number of nitrogens with zero attached hydrogens (tertiary/aromatic N) is 1. The van der Waals surface area contributed by atoms with Crippen molar-refractivity contribution in [1.29, 1.82) is 0 Å². The second kappa shape index (κ2) is 35.6. The van der Waals surface area contributed by atoms with Crippen molar-refractivity contribution in [2.75, 3.05) is 14.2 Å². The van der Waals surface area contributed by atoms with Gasteiger partial charge in [-0.1, -0.05) is 141 Å². The third-order valence-electron chi connectivity index (χ3n) is 9.89. The third kappa shape index (κ3) is 31.8. The van der Waals surface area contributed by atoms with E-state index < -0.39 is 22.2 Å². The number of allylic oxidation sites excluding steroid dienone is 4. The predicted molar refractivity (Wildman–Crippen MR) is 215 cm³/mol. The summed E-state index contributed by atoms with van der Waals surface area (Å²) in [5, 5.41) is 10.3. The summed E-state index contributed by atoms with van der Waals surface area (Å²) in [6.45, 7) is 7.91. The average molecular weight is 744 g/mol. The molecule has 8 nitrogen and oxygen atoms in total. The largest absolute Gasteiger partial charge is 0.397 e. The van der Waals surface area contributed by atoms with Crippen LogP contribution in [-0.2, 0) is 24.2 Å². The van der Waals surface area contributed by atoms with Crippen molar-refractivity contribution in [3.05, 3.63) is 24.3 Å². The zero-order valence-corrected chi connectivity index (χ0v) is 34.8. The molecular weight excluding hydrogens is 663 g/mol. The number of aliphatic hydroxyl groups is 1. The lowest BCUT2D eigenvalue weighted by Gasteiger charge is -2.38. The SMILES string of the molecule is CCCCCCCC/C=C\CCCCCCCC(=O)C(C)(C(=O)CCCCCCC/C=C\CCCCCCCC)N(C)C(C)O.COS(=O)(=O)O. The molecule has 0 aliphatic rings. The van der Waals surface area contributed by atoms with Crippen molar-refractivity contribution in [2.24, 2.45) is 0 Å². The Balaban J connectivity index is 0. The molecular formula is C42H81NO7S. The lowest BCUT2D eigenvalue weighted by molar-refractivity contribution is -0.149. The summed E-state index contributed by atoms with van der Waals surface area (Å²) in [7, 11) is -1.58.